The molecule has 2 saturated heterocycles. The molecule has 3 aliphatic rings. The van der Waals surface area contributed by atoms with Crippen LogP contribution in [0.4, 0.5) is 0 Å². The lowest BCUT2D eigenvalue weighted by Gasteiger charge is -2.42. The molecule has 7 nitrogen and oxygen atoms in total. The van der Waals surface area contributed by atoms with E-state index >= 15 is 0 Å². The summed E-state index contributed by atoms with van der Waals surface area (Å²) in [5.74, 6) is 3.97. The van der Waals surface area contributed by atoms with E-state index in [1.54, 1.807) is 19.3 Å². The van der Waals surface area contributed by atoms with Crippen LogP contribution in [0.25, 0.3) is 6.08 Å². The zero-order valence-corrected chi connectivity index (χ0v) is 17.6. The van der Waals surface area contributed by atoms with E-state index in [-0.39, 0.29) is 11.4 Å². The third kappa shape index (κ3) is 4.65. The van der Waals surface area contributed by atoms with Crippen molar-refractivity contribution in [2.45, 2.75) is 12.0 Å². The van der Waals surface area contributed by atoms with E-state index in [0.717, 1.165) is 49.8 Å². The minimum absolute atomic E-state index is 0.0398. The van der Waals surface area contributed by atoms with Crippen molar-refractivity contribution in [1.29, 1.82) is 0 Å². The van der Waals surface area contributed by atoms with E-state index in [1.165, 1.54) is 0 Å². The Hall–Kier alpha value is -1.90. The number of hydrogen-bond acceptors (Lipinski definition) is 7. The summed E-state index contributed by atoms with van der Waals surface area (Å²) in [6.07, 6.45) is 4.45. The maximum absolute atomic E-state index is 12.5. The summed E-state index contributed by atoms with van der Waals surface area (Å²) >= 11 is 1.96. The van der Waals surface area contributed by atoms with E-state index < -0.39 is 0 Å². The summed E-state index contributed by atoms with van der Waals surface area (Å²) in [5.41, 5.74) is 0.874. The van der Waals surface area contributed by atoms with Crippen LogP contribution in [0.3, 0.4) is 0 Å². The van der Waals surface area contributed by atoms with E-state index in [4.69, 9.17) is 18.9 Å². The molecule has 0 spiro atoms. The third-order valence-corrected chi connectivity index (χ3v) is 6.87. The van der Waals surface area contributed by atoms with Crippen LogP contribution < -0.4 is 19.5 Å². The first-order valence-corrected chi connectivity index (χ1v) is 11.2. The second-order valence-electron chi connectivity index (χ2n) is 7.42. The highest BCUT2D eigenvalue weighted by molar-refractivity contribution is 7.99. The smallest absolute Gasteiger partial charge is 0.244 e. The van der Waals surface area contributed by atoms with Gasteiger partial charge in [0.05, 0.1) is 20.3 Å². The van der Waals surface area contributed by atoms with Gasteiger partial charge in [0.25, 0.3) is 0 Å². The number of benzene rings is 1. The van der Waals surface area contributed by atoms with Gasteiger partial charge in [-0.2, -0.15) is 11.8 Å². The van der Waals surface area contributed by atoms with Crippen molar-refractivity contribution >= 4 is 23.7 Å². The average Bonchev–Trinajstić information content (AvgIpc) is 3.26. The molecule has 2 fully saturated rings. The average molecular weight is 421 g/mol. The highest BCUT2D eigenvalue weighted by Crippen LogP contribution is 2.40. The first-order valence-electron chi connectivity index (χ1n) is 10.0. The van der Waals surface area contributed by atoms with Gasteiger partial charge < -0.3 is 24.3 Å². The van der Waals surface area contributed by atoms with Crippen molar-refractivity contribution in [2.75, 3.05) is 64.7 Å². The third-order valence-electron chi connectivity index (χ3n) is 5.63. The number of methoxy groups -OCH3 is 1. The number of nitrogens with zero attached hydrogens (tertiary/aromatic N) is 1. The topological polar surface area (TPSA) is 69.3 Å². The number of amides is 1. The molecule has 1 aromatic rings. The van der Waals surface area contributed by atoms with Crippen LogP contribution in [0.1, 0.15) is 12.0 Å². The van der Waals surface area contributed by atoms with Crippen LogP contribution in [0, 0.1) is 0 Å². The molecule has 1 unspecified atom stereocenters. The second kappa shape index (κ2) is 9.28. The van der Waals surface area contributed by atoms with Crippen LogP contribution in [0.15, 0.2) is 18.2 Å². The van der Waals surface area contributed by atoms with Crippen LogP contribution in [0.5, 0.6) is 17.2 Å². The van der Waals surface area contributed by atoms with Crippen molar-refractivity contribution in [3.63, 3.8) is 0 Å². The first kappa shape index (κ1) is 20.4. The lowest BCUT2D eigenvalue weighted by Crippen LogP contribution is -2.59. The minimum atomic E-state index is -0.0941. The maximum Gasteiger partial charge on any atom is 0.244 e. The Bertz CT molecular complexity index is 740. The van der Waals surface area contributed by atoms with Gasteiger partial charge in [0, 0.05) is 37.0 Å². The Kier molecular flexibility index (Phi) is 6.52. The van der Waals surface area contributed by atoms with Gasteiger partial charge in [0.1, 0.15) is 13.2 Å². The molecule has 0 radical (unpaired) electrons. The number of ether oxygens (including phenoxy) is 4. The van der Waals surface area contributed by atoms with Crippen LogP contribution in [-0.2, 0) is 9.53 Å². The van der Waals surface area contributed by atoms with E-state index in [2.05, 4.69) is 10.2 Å². The summed E-state index contributed by atoms with van der Waals surface area (Å²) in [7, 11) is 1.60. The number of fused-ring (bicyclic) bond motifs is 1. The Balaban J connectivity index is 1.39. The molecule has 158 valence electrons. The lowest BCUT2D eigenvalue weighted by atomic mass is 9.95. The Labute approximate surface area is 175 Å². The summed E-state index contributed by atoms with van der Waals surface area (Å²) in [6.45, 7) is 5.08. The van der Waals surface area contributed by atoms with Gasteiger partial charge in [-0.1, -0.05) is 0 Å². The minimum Gasteiger partial charge on any atom is -0.493 e. The number of morpholine rings is 1. The second-order valence-corrected chi connectivity index (χ2v) is 8.53. The fraction of sp³-hybridized carbons (Fsp3) is 0.571. The summed E-state index contributed by atoms with van der Waals surface area (Å²) in [5, 5.41) is 3.12. The van der Waals surface area contributed by atoms with Crippen molar-refractivity contribution in [2.24, 2.45) is 0 Å². The molecule has 1 aromatic carbocycles. The van der Waals surface area contributed by atoms with Crippen LogP contribution >= 0.6 is 11.8 Å². The fourth-order valence-electron chi connectivity index (χ4n) is 4.01. The molecule has 1 amide bonds. The largest absolute Gasteiger partial charge is 0.493 e. The quantitative estimate of drug-likeness (QED) is 0.704. The number of thioether (sulfide) groups is 1. The predicted molar refractivity (Wildman–Crippen MR) is 113 cm³/mol. The highest BCUT2D eigenvalue weighted by Gasteiger charge is 2.40. The van der Waals surface area contributed by atoms with Gasteiger partial charge >= 0.3 is 0 Å². The molecular weight excluding hydrogens is 392 g/mol. The highest BCUT2D eigenvalue weighted by atomic mass is 32.2. The van der Waals surface area contributed by atoms with Crippen molar-refractivity contribution in [3.8, 4) is 17.2 Å². The predicted octanol–water partition coefficient (Wildman–Crippen LogP) is 1.80. The Morgan fingerprint density at radius 2 is 2.10 bits per heavy atom. The molecule has 1 N–H and O–H groups in total. The van der Waals surface area contributed by atoms with E-state index in [0.29, 0.717) is 37.0 Å². The van der Waals surface area contributed by atoms with Crippen LogP contribution in [0.2, 0.25) is 0 Å². The fourth-order valence-corrected chi connectivity index (χ4v) is 5.48. The van der Waals surface area contributed by atoms with Crippen molar-refractivity contribution in [3.05, 3.63) is 23.8 Å². The molecule has 4 rings (SSSR count). The molecule has 29 heavy (non-hydrogen) atoms. The van der Waals surface area contributed by atoms with Gasteiger partial charge in [0.15, 0.2) is 11.5 Å². The van der Waals surface area contributed by atoms with Crippen molar-refractivity contribution < 1.29 is 23.7 Å². The van der Waals surface area contributed by atoms with Crippen LogP contribution in [-0.4, -0.2) is 81.0 Å². The number of hydrogen-bond donors (Lipinski definition) is 1. The zero-order valence-electron chi connectivity index (χ0n) is 16.8. The zero-order chi connectivity index (χ0) is 20.1. The summed E-state index contributed by atoms with van der Waals surface area (Å²) < 4.78 is 22.2. The number of carbonyl (C=O) groups is 1. The maximum atomic E-state index is 12.5. The molecule has 0 aromatic heterocycles. The number of carbonyl (C=O) groups excluding carboxylic acids is 1. The monoisotopic (exact) mass is 420 g/mol. The molecule has 3 heterocycles. The van der Waals surface area contributed by atoms with Gasteiger partial charge in [-0.25, -0.2) is 0 Å². The molecule has 3 aliphatic heterocycles. The Morgan fingerprint density at radius 1 is 1.28 bits per heavy atom. The standard InChI is InChI=1S/C21H28N2O5S/c1-25-17-12-16(13-18-20(17)28-10-9-27-18)2-3-19(24)22-14-21(4-11-29-15-21)23-5-7-26-8-6-23/h2-3,12-13H,4-11,14-15H2,1H3,(H,22,24). The first-order chi connectivity index (χ1) is 14.2. The Morgan fingerprint density at radius 3 is 2.86 bits per heavy atom. The number of rotatable bonds is 6. The lowest BCUT2D eigenvalue weighted by molar-refractivity contribution is -0.117. The molecule has 0 saturated carbocycles. The summed E-state index contributed by atoms with van der Waals surface area (Å²) in [4.78, 5) is 15.0. The normalized spacial score (nSPS) is 24.6. The number of nitrogens with one attached hydrogen (secondary N) is 1. The van der Waals surface area contributed by atoms with E-state index in [9.17, 15) is 4.79 Å². The molecular formula is C21H28N2O5S. The van der Waals surface area contributed by atoms with Gasteiger partial charge in [-0.05, 0) is 35.9 Å². The molecule has 0 bridgehead atoms. The van der Waals surface area contributed by atoms with Crippen molar-refractivity contribution in [1.82, 2.24) is 10.2 Å². The van der Waals surface area contributed by atoms with E-state index in [1.807, 2.05) is 23.9 Å². The molecule has 1 atom stereocenters. The SMILES string of the molecule is COc1cc(C=CC(=O)NCC2(N3CCOCC3)CCSC2)cc2c1OCCO2. The molecule has 0 aliphatic carbocycles. The van der Waals surface area contributed by atoms with Gasteiger partial charge in [0.2, 0.25) is 11.7 Å². The molecule has 8 heteroatoms. The van der Waals surface area contributed by atoms with Gasteiger partial charge in [-0.15, -0.1) is 0 Å². The van der Waals surface area contributed by atoms with Gasteiger partial charge in [-0.3, -0.25) is 9.69 Å². The summed E-state index contributed by atoms with van der Waals surface area (Å²) in [6, 6.07) is 3.71.